The molecular formula is C24H31F3N4O3. The Kier molecular flexibility index (Phi) is 8.35. The van der Waals surface area contributed by atoms with E-state index in [1.54, 1.807) is 23.6 Å². The van der Waals surface area contributed by atoms with Gasteiger partial charge in [-0.25, -0.2) is 14.8 Å². The lowest BCUT2D eigenvalue weighted by Gasteiger charge is -2.42. The highest BCUT2D eigenvalue weighted by Crippen LogP contribution is 2.29. The zero-order valence-corrected chi connectivity index (χ0v) is 19.4. The van der Waals surface area contributed by atoms with Gasteiger partial charge in [0.15, 0.2) is 0 Å². The Hall–Kier alpha value is -2.88. The summed E-state index contributed by atoms with van der Waals surface area (Å²) in [5.41, 5.74) is -0.919. The normalized spacial score (nSPS) is 21.4. The van der Waals surface area contributed by atoms with E-state index in [-0.39, 0.29) is 18.0 Å². The quantitative estimate of drug-likeness (QED) is 0.693. The molecule has 2 aliphatic heterocycles. The van der Waals surface area contributed by atoms with Gasteiger partial charge >= 0.3 is 12.3 Å². The van der Waals surface area contributed by atoms with Crippen molar-refractivity contribution in [1.29, 1.82) is 0 Å². The number of aromatic nitrogens is 2. The van der Waals surface area contributed by atoms with E-state index in [2.05, 4.69) is 9.97 Å². The monoisotopic (exact) mass is 480 g/mol. The SMILES string of the molecule is CC(C)(O)CC1CCN(C2CCCN(c3ccnc(C(F)(F)F)n3)C2)C(=O)O1.c1ccccc1. The highest BCUT2D eigenvalue weighted by atomic mass is 19.4. The molecule has 0 aliphatic carbocycles. The number of aliphatic hydroxyl groups is 1. The van der Waals surface area contributed by atoms with Gasteiger partial charge in [-0.05, 0) is 32.8 Å². The first kappa shape index (κ1) is 25.7. The van der Waals surface area contributed by atoms with Crippen molar-refractivity contribution in [2.45, 2.75) is 63.5 Å². The van der Waals surface area contributed by atoms with Gasteiger partial charge in [-0.3, -0.25) is 0 Å². The van der Waals surface area contributed by atoms with E-state index in [4.69, 9.17) is 4.74 Å². The second-order valence-corrected chi connectivity index (χ2v) is 9.14. The number of alkyl halides is 3. The van der Waals surface area contributed by atoms with Gasteiger partial charge in [-0.1, -0.05) is 36.4 Å². The second kappa shape index (κ2) is 11.0. The number of hydrogen-bond donors (Lipinski definition) is 1. The Balaban J connectivity index is 0.000000469. The third-order valence-corrected chi connectivity index (χ3v) is 5.64. The molecule has 0 saturated carbocycles. The second-order valence-electron chi connectivity index (χ2n) is 9.14. The lowest BCUT2D eigenvalue weighted by molar-refractivity contribution is -0.144. The largest absolute Gasteiger partial charge is 0.451 e. The first-order valence-corrected chi connectivity index (χ1v) is 11.4. The number of nitrogens with zero attached hydrogens (tertiary/aromatic N) is 4. The summed E-state index contributed by atoms with van der Waals surface area (Å²) in [6.45, 7) is 4.79. The van der Waals surface area contributed by atoms with Crippen molar-refractivity contribution in [2.75, 3.05) is 24.5 Å². The summed E-state index contributed by atoms with van der Waals surface area (Å²) in [6, 6.07) is 13.3. The fraction of sp³-hybridized carbons (Fsp3) is 0.542. The van der Waals surface area contributed by atoms with E-state index in [1.165, 1.54) is 6.07 Å². The van der Waals surface area contributed by atoms with Gasteiger partial charge < -0.3 is 19.6 Å². The molecule has 4 rings (SSSR count). The summed E-state index contributed by atoms with van der Waals surface area (Å²) in [7, 11) is 0. The predicted octanol–water partition coefficient (Wildman–Crippen LogP) is 4.52. The number of piperidine rings is 1. The molecule has 186 valence electrons. The first-order valence-electron chi connectivity index (χ1n) is 11.4. The van der Waals surface area contributed by atoms with Crippen molar-refractivity contribution < 1.29 is 27.8 Å². The maximum absolute atomic E-state index is 12.9. The molecule has 34 heavy (non-hydrogen) atoms. The number of benzene rings is 1. The van der Waals surface area contributed by atoms with Crippen LogP contribution in [-0.4, -0.2) is 63.4 Å². The molecule has 2 unspecified atom stereocenters. The molecule has 3 heterocycles. The predicted molar refractivity (Wildman–Crippen MR) is 121 cm³/mol. The molecule has 1 N–H and O–H groups in total. The summed E-state index contributed by atoms with van der Waals surface area (Å²) in [6.07, 6.45) is -1.82. The van der Waals surface area contributed by atoms with Crippen LogP contribution in [0.4, 0.5) is 23.8 Å². The van der Waals surface area contributed by atoms with Gasteiger partial charge in [0.2, 0.25) is 5.82 Å². The Bertz CT molecular complexity index is 895. The van der Waals surface area contributed by atoms with Crippen LogP contribution in [0.1, 0.15) is 45.4 Å². The number of amides is 1. The van der Waals surface area contributed by atoms with Crippen molar-refractivity contribution in [1.82, 2.24) is 14.9 Å². The van der Waals surface area contributed by atoms with Crippen LogP contribution in [0.15, 0.2) is 48.7 Å². The topological polar surface area (TPSA) is 78.8 Å². The number of halogens is 3. The van der Waals surface area contributed by atoms with Gasteiger partial charge in [0.1, 0.15) is 11.9 Å². The number of rotatable bonds is 4. The fourth-order valence-electron chi connectivity index (χ4n) is 4.14. The average molecular weight is 481 g/mol. The number of cyclic esters (lactones) is 1. The minimum absolute atomic E-state index is 0.159. The number of ether oxygens (including phenoxy) is 1. The number of hydrogen-bond acceptors (Lipinski definition) is 6. The van der Waals surface area contributed by atoms with Crippen LogP contribution in [0, 0.1) is 0 Å². The van der Waals surface area contributed by atoms with Gasteiger partial charge in [-0.2, -0.15) is 13.2 Å². The van der Waals surface area contributed by atoms with E-state index in [0.717, 1.165) is 19.0 Å². The molecule has 10 heteroatoms. The Morgan fingerprint density at radius 1 is 1.09 bits per heavy atom. The molecule has 2 aliphatic rings. The average Bonchev–Trinajstić information content (AvgIpc) is 2.79. The van der Waals surface area contributed by atoms with Crippen molar-refractivity contribution >= 4 is 11.9 Å². The number of carbonyl (C=O) groups is 1. The highest BCUT2D eigenvalue weighted by Gasteiger charge is 2.38. The summed E-state index contributed by atoms with van der Waals surface area (Å²) < 4.78 is 44.1. The van der Waals surface area contributed by atoms with Gasteiger partial charge in [0.25, 0.3) is 0 Å². The molecule has 1 aromatic carbocycles. The molecule has 2 fully saturated rings. The van der Waals surface area contributed by atoms with Crippen LogP contribution in [0.2, 0.25) is 0 Å². The molecule has 2 saturated heterocycles. The Labute approximate surface area is 197 Å². The zero-order valence-electron chi connectivity index (χ0n) is 19.4. The molecule has 2 aromatic rings. The van der Waals surface area contributed by atoms with Crippen molar-refractivity contribution in [3.05, 3.63) is 54.5 Å². The molecule has 0 spiro atoms. The van der Waals surface area contributed by atoms with Crippen molar-refractivity contribution in [2.24, 2.45) is 0 Å². The van der Waals surface area contributed by atoms with Crippen LogP contribution in [0.25, 0.3) is 0 Å². The molecule has 1 aromatic heterocycles. The Morgan fingerprint density at radius 2 is 1.74 bits per heavy atom. The van der Waals surface area contributed by atoms with Crippen LogP contribution in [0.5, 0.6) is 0 Å². The van der Waals surface area contributed by atoms with Gasteiger partial charge in [0.05, 0.1) is 11.6 Å². The summed E-state index contributed by atoms with van der Waals surface area (Å²) in [5.74, 6) is -0.962. The summed E-state index contributed by atoms with van der Waals surface area (Å²) in [5, 5.41) is 9.91. The van der Waals surface area contributed by atoms with E-state index >= 15 is 0 Å². The first-order chi connectivity index (χ1) is 16.0. The third-order valence-electron chi connectivity index (χ3n) is 5.64. The van der Waals surface area contributed by atoms with E-state index in [9.17, 15) is 23.1 Å². The Morgan fingerprint density at radius 3 is 2.29 bits per heavy atom. The fourth-order valence-corrected chi connectivity index (χ4v) is 4.14. The zero-order chi connectivity index (χ0) is 24.8. The minimum atomic E-state index is -4.60. The van der Waals surface area contributed by atoms with E-state index in [0.29, 0.717) is 32.5 Å². The molecule has 1 amide bonds. The third kappa shape index (κ3) is 7.58. The van der Waals surface area contributed by atoms with E-state index < -0.39 is 23.7 Å². The maximum atomic E-state index is 12.9. The number of carbonyl (C=O) groups excluding carboxylic acids is 1. The van der Waals surface area contributed by atoms with Crippen LogP contribution in [0.3, 0.4) is 0 Å². The van der Waals surface area contributed by atoms with Crippen LogP contribution < -0.4 is 4.90 Å². The molecule has 7 nitrogen and oxygen atoms in total. The standard InChI is InChI=1S/C18H25F3N4O3.C6H6/c1-17(2,27)10-13-6-9-25(16(26)28-13)12-4-3-8-24(11-12)14-5-7-22-15(23-14)18(19,20)21;1-2-4-6-5-3-1/h5,7,12-13,27H,3-4,6,8-11H2,1-2H3;1-6H. The van der Waals surface area contributed by atoms with Crippen molar-refractivity contribution in [3.63, 3.8) is 0 Å². The minimum Gasteiger partial charge on any atom is -0.446 e. The molecule has 2 atom stereocenters. The van der Waals surface area contributed by atoms with Crippen LogP contribution >= 0.6 is 0 Å². The molecular weight excluding hydrogens is 449 g/mol. The summed E-state index contributed by atoms with van der Waals surface area (Å²) in [4.78, 5) is 22.8. The maximum Gasteiger partial charge on any atom is 0.451 e. The summed E-state index contributed by atoms with van der Waals surface area (Å²) >= 11 is 0. The number of anilines is 1. The van der Waals surface area contributed by atoms with Crippen LogP contribution in [-0.2, 0) is 10.9 Å². The lowest BCUT2D eigenvalue weighted by Crippen LogP contribution is -2.54. The van der Waals surface area contributed by atoms with Gasteiger partial charge in [-0.15, -0.1) is 0 Å². The smallest absolute Gasteiger partial charge is 0.446 e. The van der Waals surface area contributed by atoms with E-state index in [1.807, 2.05) is 36.4 Å². The van der Waals surface area contributed by atoms with Crippen molar-refractivity contribution in [3.8, 4) is 0 Å². The van der Waals surface area contributed by atoms with Gasteiger partial charge in [0, 0.05) is 38.7 Å². The highest BCUT2D eigenvalue weighted by molar-refractivity contribution is 5.69. The lowest BCUT2D eigenvalue weighted by atomic mass is 9.97. The molecule has 0 radical (unpaired) electrons. The molecule has 0 bridgehead atoms.